The quantitative estimate of drug-likeness (QED) is 0.484. The van der Waals surface area contributed by atoms with E-state index in [2.05, 4.69) is 57.8 Å². The molecule has 3 heterocycles. The molecule has 5 heteroatoms. The third kappa shape index (κ3) is 4.93. The number of rotatable bonds is 6. The molecular formula is C28H33N5. The van der Waals surface area contributed by atoms with Crippen LogP contribution in [0.4, 0.5) is 0 Å². The Labute approximate surface area is 197 Å². The zero-order chi connectivity index (χ0) is 23.4. The molecule has 5 nitrogen and oxygen atoms in total. The number of aryl methyl sites for hydroxylation is 1. The summed E-state index contributed by atoms with van der Waals surface area (Å²) in [5.41, 5.74) is 8.32. The van der Waals surface area contributed by atoms with Crippen LogP contribution in [0.15, 0.2) is 54.4 Å². The summed E-state index contributed by atoms with van der Waals surface area (Å²) in [6, 6.07) is 8.45. The highest BCUT2D eigenvalue weighted by Gasteiger charge is 2.20. The molecule has 0 unspecified atom stereocenters. The van der Waals surface area contributed by atoms with Gasteiger partial charge in [-0.25, -0.2) is 9.97 Å². The van der Waals surface area contributed by atoms with Gasteiger partial charge in [0.2, 0.25) is 0 Å². The smallest absolute Gasteiger partial charge is 0.116 e. The molecule has 0 aliphatic carbocycles. The molecule has 1 fully saturated rings. The van der Waals surface area contributed by atoms with E-state index in [0.717, 1.165) is 69.6 Å². The van der Waals surface area contributed by atoms with Crippen molar-refractivity contribution in [3.05, 3.63) is 77.5 Å². The van der Waals surface area contributed by atoms with Gasteiger partial charge in [-0.1, -0.05) is 18.7 Å². The average molecular weight is 440 g/mol. The van der Waals surface area contributed by atoms with E-state index in [1.54, 1.807) is 13.4 Å². The predicted octanol–water partition coefficient (Wildman–Crippen LogP) is 5.38. The molecule has 2 aromatic heterocycles. The first kappa shape index (κ1) is 23.0. The summed E-state index contributed by atoms with van der Waals surface area (Å²) in [6.07, 6.45) is 11.0. The van der Waals surface area contributed by atoms with Gasteiger partial charge < -0.3 is 4.90 Å². The van der Waals surface area contributed by atoms with Crippen LogP contribution >= 0.6 is 0 Å². The van der Waals surface area contributed by atoms with Gasteiger partial charge in [-0.2, -0.15) is 0 Å². The van der Waals surface area contributed by atoms with Crippen LogP contribution in [0.25, 0.3) is 22.0 Å². The van der Waals surface area contributed by atoms with Crippen molar-refractivity contribution >= 4 is 28.3 Å². The summed E-state index contributed by atoms with van der Waals surface area (Å²) in [7, 11) is 4.00. The molecule has 0 spiro atoms. The van der Waals surface area contributed by atoms with Crippen LogP contribution in [0.5, 0.6) is 0 Å². The number of nitrogens with zero attached hydrogens (tertiary/aromatic N) is 5. The first-order chi connectivity index (χ1) is 16.0. The Bertz CT molecular complexity index is 1220. The van der Waals surface area contributed by atoms with Gasteiger partial charge in [-0.15, -0.1) is 0 Å². The molecule has 33 heavy (non-hydrogen) atoms. The van der Waals surface area contributed by atoms with E-state index in [1.165, 1.54) is 12.8 Å². The fourth-order valence-electron chi connectivity index (χ4n) is 4.77. The van der Waals surface area contributed by atoms with E-state index >= 15 is 0 Å². The molecule has 0 bridgehead atoms. The van der Waals surface area contributed by atoms with Gasteiger partial charge in [-0.05, 0) is 99.6 Å². The standard InChI is InChI=1S/C28H33N5/c1-6-22(17-29-4)24-9-12-30-20(3)28(24)19(2)23-7-8-26-25(16-23)27(32-18-31-26)15-21-10-13-33(5)14-11-21/h6-9,12,16-18,21H,2,10-11,13-15H2,1,3-5H3/b22-6+,29-17?. The van der Waals surface area contributed by atoms with Crippen molar-refractivity contribution in [1.82, 2.24) is 19.9 Å². The van der Waals surface area contributed by atoms with Gasteiger partial charge >= 0.3 is 0 Å². The zero-order valence-corrected chi connectivity index (χ0v) is 20.2. The summed E-state index contributed by atoms with van der Waals surface area (Å²) in [6.45, 7) is 10.9. The van der Waals surface area contributed by atoms with Gasteiger partial charge in [0.25, 0.3) is 0 Å². The number of aromatic nitrogens is 3. The molecule has 1 aliphatic heterocycles. The monoisotopic (exact) mass is 439 g/mol. The van der Waals surface area contributed by atoms with Gasteiger partial charge in [0.15, 0.2) is 0 Å². The topological polar surface area (TPSA) is 54.3 Å². The van der Waals surface area contributed by atoms with Crippen LogP contribution in [0.2, 0.25) is 0 Å². The SMILES string of the molecule is C=C(c1ccc2ncnc(CC3CCN(C)CC3)c2c1)c1c(/C(C=NC)=C/C)ccnc1C. The number of pyridine rings is 1. The number of hydrogen-bond donors (Lipinski definition) is 0. The first-order valence-electron chi connectivity index (χ1n) is 11.7. The second-order valence-electron chi connectivity index (χ2n) is 8.93. The Hall–Kier alpha value is -3.18. The molecule has 1 saturated heterocycles. The largest absolute Gasteiger partial charge is 0.306 e. The third-order valence-corrected chi connectivity index (χ3v) is 6.72. The molecule has 4 rings (SSSR count). The second-order valence-corrected chi connectivity index (χ2v) is 8.93. The van der Waals surface area contributed by atoms with E-state index in [4.69, 9.17) is 4.98 Å². The fraction of sp³-hybridized carbons (Fsp3) is 0.357. The minimum absolute atomic E-state index is 0.670. The lowest BCUT2D eigenvalue weighted by molar-refractivity contribution is 0.218. The summed E-state index contributed by atoms with van der Waals surface area (Å²) < 4.78 is 0. The Kier molecular flexibility index (Phi) is 7.09. The zero-order valence-electron chi connectivity index (χ0n) is 20.2. The maximum Gasteiger partial charge on any atom is 0.116 e. The van der Waals surface area contributed by atoms with Gasteiger partial charge in [0, 0.05) is 36.1 Å². The van der Waals surface area contributed by atoms with E-state index in [0.29, 0.717) is 5.92 Å². The highest BCUT2D eigenvalue weighted by Crippen LogP contribution is 2.33. The Balaban J connectivity index is 1.73. The van der Waals surface area contributed by atoms with Crippen molar-refractivity contribution in [3.8, 4) is 0 Å². The van der Waals surface area contributed by atoms with Crippen LogP contribution < -0.4 is 0 Å². The van der Waals surface area contributed by atoms with E-state index < -0.39 is 0 Å². The minimum atomic E-state index is 0.670. The van der Waals surface area contributed by atoms with Crippen molar-refractivity contribution in [2.24, 2.45) is 10.9 Å². The van der Waals surface area contributed by atoms with Gasteiger partial charge in [-0.3, -0.25) is 9.98 Å². The molecule has 1 aromatic carbocycles. The maximum absolute atomic E-state index is 4.70. The van der Waals surface area contributed by atoms with E-state index in [-0.39, 0.29) is 0 Å². The maximum atomic E-state index is 4.70. The Morgan fingerprint density at radius 2 is 1.97 bits per heavy atom. The highest BCUT2D eigenvalue weighted by atomic mass is 15.1. The predicted molar refractivity (Wildman–Crippen MR) is 139 cm³/mol. The normalized spacial score (nSPS) is 16.1. The summed E-state index contributed by atoms with van der Waals surface area (Å²) in [5, 5.41) is 1.12. The first-order valence-corrected chi connectivity index (χ1v) is 11.7. The second kappa shape index (κ2) is 10.2. The van der Waals surface area contributed by atoms with Gasteiger partial charge in [0.1, 0.15) is 6.33 Å². The van der Waals surface area contributed by atoms with Crippen LogP contribution in [0, 0.1) is 12.8 Å². The van der Waals surface area contributed by atoms with Crippen LogP contribution in [-0.4, -0.2) is 53.3 Å². The Morgan fingerprint density at radius 1 is 1.18 bits per heavy atom. The Morgan fingerprint density at radius 3 is 2.70 bits per heavy atom. The summed E-state index contributed by atoms with van der Waals surface area (Å²) in [4.78, 5) is 20.4. The highest BCUT2D eigenvalue weighted by molar-refractivity contribution is 6.12. The van der Waals surface area contributed by atoms with Gasteiger partial charge in [0.05, 0.1) is 11.2 Å². The lowest BCUT2D eigenvalue weighted by Gasteiger charge is -2.28. The number of likely N-dealkylation sites (tertiary alicyclic amines) is 1. The molecule has 0 saturated carbocycles. The molecule has 0 atom stereocenters. The molecule has 0 amide bonds. The molecule has 170 valence electrons. The van der Waals surface area contributed by atoms with Crippen molar-refractivity contribution in [2.75, 3.05) is 27.2 Å². The number of benzene rings is 1. The fourth-order valence-corrected chi connectivity index (χ4v) is 4.77. The van der Waals surface area contributed by atoms with Crippen molar-refractivity contribution in [2.45, 2.75) is 33.1 Å². The van der Waals surface area contributed by atoms with Crippen molar-refractivity contribution < 1.29 is 0 Å². The van der Waals surface area contributed by atoms with Crippen LogP contribution in [0.1, 0.15) is 47.8 Å². The van der Waals surface area contributed by atoms with E-state index in [1.807, 2.05) is 32.3 Å². The number of aliphatic imine (C=N–C) groups is 1. The molecule has 1 aliphatic rings. The van der Waals surface area contributed by atoms with Crippen molar-refractivity contribution in [1.29, 1.82) is 0 Å². The number of piperidine rings is 1. The van der Waals surface area contributed by atoms with Crippen LogP contribution in [0.3, 0.4) is 0 Å². The summed E-state index contributed by atoms with van der Waals surface area (Å²) >= 11 is 0. The molecule has 0 radical (unpaired) electrons. The van der Waals surface area contributed by atoms with Crippen LogP contribution in [-0.2, 0) is 6.42 Å². The molecule has 3 aromatic rings. The number of hydrogen-bond acceptors (Lipinski definition) is 5. The lowest BCUT2D eigenvalue weighted by Crippen LogP contribution is -2.31. The summed E-state index contributed by atoms with van der Waals surface area (Å²) in [5.74, 6) is 0.670. The van der Waals surface area contributed by atoms with Crippen molar-refractivity contribution in [3.63, 3.8) is 0 Å². The minimum Gasteiger partial charge on any atom is -0.306 e. The van der Waals surface area contributed by atoms with E-state index in [9.17, 15) is 0 Å². The molecular weight excluding hydrogens is 406 g/mol. The molecule has 0 N–H and O–H groups in total. The average Bonchev–Trinajstić information content (AvgIpc) is 2.83. The number of fused-ring (bicyclic) bond motifs is 1. The third-order valence-electron chi connectivity index (χ3n) is 6.72. The lowest BCUT2D eigenvalue weighted by atomic mass is 9.89. The number of allylic oxidation sites excluding steroid dienone is 2.